The van der Waals surface area contributed by atoms with Crippen molar-refractivity contribution in [1.29, 1.82) is 0 Å². The number of nitrogens with zero attached hydrogens (tertiary/aromatic N) is 1. The minimum Gasteiger partial charge on any atom is -0.476 e. The van der Waals surface area contributed by atoms with E-state index >= 15 is 0 Å². The number of benzene rings is 2. The lowest BCUT2D eigenvalue weighted by atomic mass is 10.0. The summed E-state index contributed by atoms with van der Waals surface area (Å²) in [7, 11) is 0. The van der Waals surface area contributed by atoms with Gasteiger partial charge < -0.3 is 9.84 Å². The van der Waals surface area contributed by atoms with Crippen LogP contribution >= 0.6 is 11.3 Å². The number of carboxylic acids is 1. The average molecular weight is 339 g/mol. The van der Waals surface area contributed by atoms with Gasteiger partial charge in [-0.2, -0.15) is 0 Å². The minimum atomic E-state index is -1.01. The van der Waals surface area contributed by atoms with Crippen LogP contribution in [0.3, 0.4) is 0 Å². The maximum atomic E-state index is 10.9. The molecule has 4 nitrogen and oxygen atoms in total. The van der Waals surface area contributed by atoms with Crippen molar-refractivity contribution in [3.8, 4) is 22.1 Å². The van der Waals surface area contributed by atoms with Crippen molar-refractivity contribution < 1.29 is 14.6 Å². The molecular formula is C19H17NO3S. The van der Waals surface area contributed by atoms with Gasteiger partial charge in [-0.1, -0.05) is 26.0 Å². The Morgan fingerprint density at radius 2 is 1.62 bits per heavy atom. The molecule has 0 aliphatic rings. The van der Waals surface area contributed by atoms with Crippen LogP contribution in [-0.2, 0) is 0 Å². The van der Waals surface area contributed by atoms with Crippen molar-refractivity contribution in [3.63, 3.8) is 0 Å². The molecule has 0 amide bonds. The van der Waals surface area contributed by atoms with Gasteiger partial charge in [0.2, 0.25) is 0 Å². The molecule has 0 radical (unpaired) electrons. The fraction of sp³-hybridized carbons (Fsp3) is 0.158. The molecule has 0 saturated carbocycles. The van der Waals surface area contributed by atoms with Gasteiger partial charge in [-0.05, 0) is 47.9 Å². The van der Waals surface area contributed by atoms with Crippen molar-refractivity contribution in [2.45, 2.75) is 19.8 Å². The van der Waals surface area contributed by atoms with Gasteiger partial charge in [0, 0.05) is 10.9 Å². The number of ether oxygens (including phenoxy) is 1. The lowest BCUT2D eigenvalue weighted by Crippen LogP contribution is -1.95. The predicted molar refractivity (Wildman–Crippen MR) is 95.1 cm³/mol. The number of thiazole rings is 1. The highest BCUT2D eigenvalue weighted by molar-refractivity contribution is 7.13. The summed E-state index contributed by atoms with van der Waals surface area (Å²) in [6, 6.07) is 15.5. The molecule has 2 aromatic carbocycles. The van der Waals surface area contributed by atoms with Crippen LogP contribution in [0.2, 0.25) is 0 Å². The van der Waals surface area contributed by atoms with Crippen LogP contribution < -0.4 is 4.74 Å². The quantitative estimate of drug-likeness (QED) is 0.674. The molecule has 1 aromatic heterocycles. The molecule has 122 valence electrons. The SMILES string of the molecule is CC(C)c1ccc(Oc2ccc(-c3nc(C(=O)O)cs3)cc2)cc1. The van der Waals surface area contributed by atoms with Gasteiger partial charge in [0.1, 0.15) is 16.5 Å². The first-order chi connectivity index (χ1) is 11.5. The molecule has 0 aliphatic heterocycles. The normalized spacial score (nSPS) is 10.8. The molecule has 24 heavy (non-hydrogen) atoms. The number of hydrogen-bond acceptors (Lipinski definition) is 4. The fourth-order valence-electron chi connectivity index (χ4n) is 2.23. The first-order valence-corrected chi connectivity index (χ1v) is 8.48. The van der Waals surface area contributed by atoms with Crippen LogP contribution in [0.5, 0.6) is 11.5 Å². The summed E-state index contributed by atoms with van der Waals surface area (Å²) in [6.45, 7) is 4.31. The zero-order chi connectivity index (χ0) is 17.1. The Morgan fingerprint density at radius 3 is 2.12 bits per heavy atom. The van der Waals surface area contributed by atoms with Crippen LogP contribution in [-0.4, -0.2) is 16.1 Å². The lowest BCUT2D eigenvalue weighted by molar-refractivity contribution is 0.0691. The van der Waals surface area contributed by atoms with E-state index in [2.05, 4.69) is 31.0 Å². The molecule has 5 heteroatoms. The molecule has 0 spiro atoms. The van der Waals surface area contributed by atoms with Crippen LogP contribution in [0.25, 0.3) is 10.6 Å². The Hall–Kier alpha value is -2.66. The maximum Gasteiger partial charge on any atom is 0.355 e. The van der Waals surface area contributed by atoms with E-state index in [1.165, 1.54) is 16.9 Å². The van der Waals surface area contributed by atoms with Gasteiger partial charge in [0.05, 0.1) is 0 Å². The number of carboxylic acid groups (broad SMARTS) is 1. The summed E-state index contributed by atoms with van der Waals surface area (Å²) in [5.74, 6) is 0.996. The van der Waals surface area contributed by atoms with Crippen molar-refractivity contribution in [3.05, 3.63) is 65.2 Å². The highest BCUT2D eigenvalue weighted by atomic mass is 32.1. The van der Waals surface area contributed by atoms with Gasteiger partial charge in [-0.25, -0.2) is 9.78 Å². The molecule has 0 aliphatic carbocycles. The third-order valence-corrected chi connectivity index (χ3v) is 4.50. The highest BCUT2D eigenvalue weighted by Crippen LogP contribution is 2.28. The van der Waals surface area contributed by atoms with Crippen molar-refractivity contribution >= 4 is 17.3 Å². The van der Waals surface area contributed by atoms with Gasteiger partial charge in [0.15, 0.2) is 5.69 Å². The summed E-state index contributed by atoms with van der Waals surface area (Å²) < 4.78 is 5.84. The number of aromatic nitrogens is 1. The Balaban J connectivity index is 1.73. The monoisotopic (exact) mass is 339 g/mol. The Kier molecular flexibility index (Phi) is 4.62. The van der Waals surface area contributed by atoms with Crippen LogP contribution in [0.4, 0.5) is 0 Å². The number of hydrogen-bond donors (Lipinski definition) is 1. The molecule has 0 fully saturated rings. The summed E-state index contributed by atoms with van der Waals surface area (Å²) in [5, 5.41) is 11.2. The van der Waals surface area contributed by atoms with Gasteiger partial charge >= 0.3 is 5.97 Å². The summed E-state index contributed by atoms with van der Waals surface area (Å²) >= 11 is 1.31. The molecule has 3 aromatic rings. The van der Waals surface area contributed by atoms with Crippen LogP contribution in [0.1, 0.15) is 35.8 Å². The van der Waals surface area contributed by atoms with E-state index in [4.69, 9.17) is 9.84 Å². The molecule has 0 atom stereocenters. The van der Waals surface area contributed by atoms with Crippen molar-refractivity contribution in [2.24, 2.45) is 0 Å². The van der Waals surface area contributed by atoms with E-state index in [1.807, 2.05) is 36.4 Å². The minimum absolute atomic E-state index is 0.0700. The largest absolute Gasteiger partial charge is 0.476 e. The summed E-state index contributed by atoms with van der Waals surface area (Å²) in [5.41, 5.74) is 2.21. The van der Waals surface area contributed by atoms with E-state index in [-0.39, 0.29) is 5.69 Å². The molecule has 0 saturated heterocycles. The van der Waals surface area contributed by atoms with Crippen molar-refractivity contribution in [1.82, 2.24) is 4.98 Å². The third kappa shape index (κ3) is 3.63. The van der Waals surface area contributed by atoms with E-state index in [1.54, 1.807) is 5.38 Å². The molecule has 1 heterocycles. The number of rotatable bonds is 5. The summed E-state index contributed by atoms with van der Waals surface area (Å²) in [4.78, 5) is 15.0. The average Bonchev–Trinajstić information content (AvgIpc) is 3.06. The highest BCUT2D eigenvalue weighted by Gasteiger charge is 2.10. The van der Waals surface area contributed by atoms with Gasteiger partial charge in [-0.3, -0.25) is 0 Å². The standard InChI is InChI=1S/C19H17NO3S/c1-12(2)13-3-7-15(8-4-13)23-16-9-5-14(6-10-16)18-20-17(11-24-18)19(21)22/h3-12H,1-2H3,(H,21,22). The predicted octanol–water partition coefficient (Wildman–Crippen LogP) is 5.42. The van der Waals surface area contributed by atoms with E-state index in [0.29, 0.717) is 10.9 Å². The summed E-state index contributed by atoms with van der Waals surface area (Å²) in [6.07, 6.45) is 0. The zero-order valence-electron chi connectivity index (χ0n) is 13.4. The van der Waals surface area contributed by atoms with Crippen LogP contribution in [0, 0.1) is 0 Å². The number of aromatic carboxylic acids is 1. The van der Waals surface area contributed by atoms with E-state index in [9.17, 15) is 4.79 Å². The first kappa shape index (κ1) is 16.2. The lowest BCUT2D eigenvalue weighted by Gasteiger charge is -2.09. The third-order valence-electron chi connectivity index (χ3n) is 3.61. The topological polar surface area (TPSA) is 59.4 Å². The Labute approximate surface area is 144 Å². The second kappa shape index (κ2) is 6.84. The second-order valence-electron chi connectivity index (χ2n) is 5.69. The Morgan fingerprint density at radius 1 is 1.04 bits per heavy atom. The molecule has 1 N–H and O–H groups in total. The second-order valence-corrected chi connectivity index (χ2v) is 6.55. The molecule has 0 unspecified atom stereocenters. The van der Waals surface area contributed by atoms with Crippen LogP contribution in [0.15, 0.2) is 53.9 Å². The first-order valence-electron chi connectivity index (χ1n) is 7.60. The molecular weight excluding hydrogens is 322 g/mol. The van der Waals surface area contributed by atoms with E-state index < -0.39 is 5.97 Å². The molecule has 3 rings (SSSR count). The van der Waals surface area contributed by atoms with Crippen molar-refractivity contribution in [2.75, 3.05) is 0 Å². The van der Waals surface area contributed by atoms with Gasteiger partial charge in [0.25, 0.3) is 0 Å². The van der Waals surface area contributed by atoms with E-state index in [0.717, 1.165) is 17.1 Å². The maximum absolute atomic E-state index is 10.9. The smallest absolute Gasteiger partial charge is 0.355 e. The fourth-order valence-corrected chi connectivity index (χ4v) is 3.03. The number of carbonyl (C=O) groups is 1. The molecule has 0 bridgehead atoms. The zero-order valence-corrected chi connectivity index (χ0v) is 14.2. The Bertz CT molecular complexity index is 836. The van der Waals surface area contributed by atoms with Gasteiger partial charge in [-0.15, -0.1) is 11.3 Å².